The van der Waals surface area contributed by atoms with E-state index in [0.717, 1.165) is 27.3 Å². The van der Waals surface area contributed by atoms with Crippen molar-refractivity contribution in [2.75, 3.05) is 4.72 Å². The van der Waals surface area contributed by atoms with Gasteiger partial charge in [-0.05, 0) is 65.7 Å². The van der Waals surface area contributed by atoms with Crippen LogP contribution in [-0.2, 0) is 0 Å². The van der Waals surface area contributed by atoms with Gasteiger partial charge in [-0.1, -0.05) is 17.7 Å². The number of hydrogen-bond donors (Lipinski definition) is 3. The van der Waals surface area contributed by atoms with Crippen LogP contribution in [0, 0.1) is 18.3 Å². The molecule has 3 N–H and O–H groups in total. The highest BCUT2D eigenvalue weighted by Gasteiger charge is 2.09. The van der Waals surface area contributed by atoms with Crippen molar-refractivity contribution in [1.82, 2.24) is 9.97 Å². The minimum atomic E-state index is -0.680. The second-order valence-corrected chi connectivity index (χ2v) is 8.45. The van der Waals surface area contributed by atoms with Gasteiger partial charge in [0, 0.05) is 16.1 Å². The molecule has 9 heteroatoms. The summed E-state index contributed by atoms with van der Waals surface area (Å²) < 4.78 is 3.25. The maximum Gasteiger partial charge on any atom is 0.314 e. The summed E-state index contributed by atoms with van der Waals surface area (Å²) in [6.45, 7) is 1.92. The number of hydrogen-bond acceptors (Lipinski definition) is 6. The molecule has 2 heterocycles. The Morgan fingerprint density at radius 2 is 1.83 bits per heavy atom. The van der Waals surface area contributed by atoms with E-state index in [2.05, 4.69) is 20.8 Å². The molecule has 0 amide bonds. The van der Waals surface area contributed by atoms with Crippen molar-refractivity contribution in [3.05, 3.63) is 77.9 Å². The number of aromatic nitrogens is 2. The van der Waals surface area contributed by atoms with Crippen LogP contribution in [0.4, 0.5) is 5.69 Å². The van der Waals surface area contributed by atoms with Crippen molar-refractivity contribution >= 4 is 51.6 Å². The zero-order valence-electron chi connectivity index (χ0n) is 15.0. The molecule has 4 aromatic rings. The van der Waals surface area contributed by atoms with Gasteiger partial charge in [0.1, 0.15) is 10.9 Å². The van der Waals surface area contributed by atoms with Crippen LogP contribution in [0.25, 0.3) is 22.2 Å². The van der Waals surface area contributed by atoms with E-state index in [1.807, 2.05) is 48.7 Å². The number of H-pyrrole nitrogens is 2. The average Bonchev–Trinajstić information content (AvgIpc) is 3.17. The molecule has 0 aliphatic carbocycles. The van der Waals surface area contributed by atoms with Gasteiger partial charge in [-0.3, -0.25) is 9.59 Å². The number of nitrogens with one attached hydrogen (secondary N) is 3. The lowest BCUT2D eigenvalue weighted by molar-refractivity contribution is 1.13. The number of benzene rings is 2. The van der Waals surface area contributed by atoms with E-state index >= 15 is 0 Å². The van der Waals surface area contributed by atoms with Gasteiger partial charge < -0.3 is 14.7 Å². The van der Waals surface area contributed by atoms with E-state index in [1.54, 1.807) is 0 Å². The van der Waals surface area contributed by atoms with Gasteiger partial charge >= 0.3 is 11.1 Å². The summed E-state index contributed by atoms with van der Waals surface area (Å²) in [5.41, 5.74) is 3.33. The van der Waals surface area contributed by atoms with Gasteiger partial charge in [-0.25, -0.2) is 0 Å². The summed E-state index contributed by atoms with van der Waals surface area (Å²) >= 11 is 9.20. The summed E-state index contributed by atoms with van der Waals surface area (Å²) in [4.78, 5) is 29.7. The molecule has 0 spiro atoms. The van der Waals surface area contributed by atoms with Crippen molar-refractivity contribution in [3.63, 3.8) is 0 Å². The summed E-state index contributed by atoms with van der Waals surface area (Å²) in [5, 5.41) is 11.5. The lowest BCUT2D eigenvalue weighted by Crippen LogP contribution is -2.28. The van der Waals surface area contributed by atoms with Crippen molar-refractivity contribution in [2.45, 2.75) is 11.8 Å². The highest BCUT2D eigenvalue weighted by Crippen LogP contribution is 2.34. The fraction of sp³-hybridized carbons (Fsp3) is 0.0500. The van der Waals surface area contributed by atoms with Gasteiger partial charge in [0.2, 0.25) is 0 Å². The van der Waals surface area contributed by atoms with Gasteiger partial charge in [-0.2, -0.15) is 5.26 Å². The molecule has 2 aromatic carbocycles. The molecule has 6 nitrogen and oxygen atoms in total. The molecule has 0 unspecified atom stereocenters. The largest absolute Gasteiger partial charge is 0.326 e. The van der Waals surface area contributed by atoms with Crippen LogP contribution < -0.4 is 15.8 Å². The molecule has 0 saturated heterocycles. The summed E-state index contributed by atoms with van der Waals surface area (Å²) in [6.07, 6.45) is 0. The predicted octanol–water partition coefficient (Wildman–Crippen LogP) is 4.90. The molecule has 2 aromatic heterocycles. The second kappa shape index (κ2) is 7.79. The van der Waals surface area contributed by atoms with Crippen LogP contribution in [0.3, 0.4) is 0 Å². The number of anilines is 1. The molecule has 0 radical (unpaired) electrons. The van der Waals surface area contributed by atoms with Crippen molar-refractivity contribution in [1.29, 1.82) is 5.26 Å². The molecule has 0 aliphatic heterocycles. The number of rotatable bonds is 4. The minimum Gasteiger partial charge on any atom is -0.326 e. The Morgan fingerprint density at radius 1 is 1.10 bits per heavy atom. The van der Waals surface area contributed by atoms with Gasteiger partial charge in [0.05, 0.1) is 16.1 Å². The summed E-state index contributed by atoms with van der Waals surface area (Å²) in [7, 11) is 0. The maximum atomic E-state index is 11.6. The fourth-order valence-electron chi connectivity index (χ4n) is 2.83. The number of fused-ring (bicyclic) bond motifs is 1. The first kappa shape index (κ1) is 19.3. The van der Waals surface area contributed by atoms with Crippen molar-refractivity contribution in [3.8, 4) is 17.2 Å². The van der Waals surface area contributed by atoms with E-state index in [-0.39, 0.29) is 0 Å². The quantitative estimate of drug-likeness (QED) is 0.309. The standard InChI is InChI=1S/C20H13ClN4O2S2/c1-10-4-16-17(24-20(27)19(26)23-16)7-18(10)29-25-12-2-3-14(15(21)6-12)11-5-13(8-22)28-9-11/h2-7,9,25H,1H3,(H,23,26)(H,24,27). The van der Waals surface area contributed by atoms with Crippen molar-refractivity contribution < 1.29 is 0 Å². The Balaban J connectivity index is 1.57. The van der Waals surface area contributed by atoms with Crippen LogP contribution in [-0.4, -0.2) is 9.97 Å². The Labute approximate surface area is 178 Å². The predicted molar refractivity (Wildman–Crippen MR) is 119 cm³/mol. The molecule has 0 fully saturated rings. The number of halogens is 1. The van der Waals surface area contributed by atoms with Gasteiger partial charge in [-0.15, -0.1) is 11.3 Å². The third kappa shape index (κ3) is 3.93. The molecule has 0 saturated carbocycles. The molecule has 0 bridgehead atoms. The maximum absolute atomic E-state index is 11.6. The number of nitrogens with zero attached hydrogens (tertiary/aromatic N) is 1. The number of aryl methyl sites for hydroxylation is 1. The van der Waals surface area contributed by atoms with Gasteiger partial charge in [0.25, 0.3) is 0 Å². The monoisotopic (exact) mass is 440 g/mol. The highest BCUT2D eigenvalue weighted by atomic mass is 35.5. The van der Waals surface area contributed by atoms with Crippen LogP contribution in [0.2, 0.25) is 5.02 Å². The minimum absolute atomic E-state index is 0.559. The second-order valence-electron chi connectivity index (χ2n) is 6.28. The molecular weight excluding hydrogens is 428 g/mol. The highest BCUT2D eigenvalue weighted by molar-refractivity contribution is 8.00. The lowest BCUT2D eigenvalue weighted by Gasteiger charge is -2.11. The SMILES string of the molecule is Cc1cc2[nH]c(=O)c(=O)[nH]c2cc1SNc1ccc(-c2csc(C#N)c2)c(Cl)c1. The first-order valence-electron chi connectivity index (χ1n) is 8.43. The zero-order chi connectivity index (χ0) is 20.5. The summed E-state index contributed by atoms with van der Waals surface area (Å²) in [6, 6.07) is 13.2. The van der Waals surface area contributed by atoms with Crippen molar-refractivity contribution in [2.24, 2.45) is 0 Å². The Morgan fingerprint density at radius 3 is 2.48 bits per heavy atom. The molecule has 4 rings (SSSR count). The Bertz CT molecular complexity index is 1400. The number of nitriles is 1. The first-order valence-corrected chi connectivity index (χ1v) is 10.5. The third-order valence-electron chi connectivity index (χ3n) is 4.29. The molecule has 29 heavy (non-hydrogen) atoms. The third-order valence-corrected chi connectivity index (χ3v) is 6.43. The molecule has 0 atom stereocenters. The van der Waals surface area contributed by atoms with Gasteiger partial charge in [0.15, 0.2) is 0 Å². The average molecular weight is 441 g/mol. The summed E-state index contributed by atoms with van der Waals surface area (Å²) in [5.74, 6) is 0. The van der Waals surface area contributed by atoms with E-state index in [1.165, 1.54) is 23.3 Å². The first-order chi connectivity index (χ1) is 13.9. The Hall–Kier alpha value is -2.99. The number of thiophene rings is 1. The topological polar surface area (TPSA) is 102 Å². The van der Waals surface area contributed by atoms with E-state index in [0.29, 0.717) is 20.9 Å². The van der Waals surface area contributed by atoms with Crippen LogP contribution in [0.1, 0.15) is 10.4 Å². The van der Waals surface area contributed by atoms with Crippen LogP contribution in [0.15, 0.2) is 56.3 Å². The smallest absolute Gasteiger partial charge is 0.314 e. The lowest BCUT2D eigenvalue weighted by atomic mass is 10.1. The number of aromatic amines is 2. The fourth-order valence-corrected chi connectivity index (χ4v) is 4.56. The van der Waals surface area contributed by atoms with E-state index < -0.39 is 11.1 Å². The molecular formula is C20H13ClN4O2S2. The molecule has 0 aliphatic rings. The molecule has 144 valence electrons. The van der Waals surface area contributed by atoms with E-state index in [4.69, 9.17) is 16.9 Å². The Kier molecular flexibility index (Phi) is 5.20. The van der Waals surface area contributed by atoms with Crippen LogP contribution >= 0.6 is 34.9 Å². The normalized spacial score (nSPS) is 10.8. The van der Waals surface area contributed by atoms with Crippen LogP contribution in [0.5, 0.6) is 0 Å². The van der Waals surface area contributed by atoms with E-state index in [9.17, 15) is 9.59 Å². The zero-order valence-corrected chi connectivity index (χ0v) is 17.4.